The molecule has 0 saturated heterocycles. The van der Waals surface area contributed by atoms with Crippen LogP contribution in [0.4, 0.5) is 11.5 Å². The first-order valence-electron chi connectivity index (χ1n) is 5.47. The van der Waals surface area contributed by atoms with Gasteiger partial charge in [0.1, 0.15) is 11.4 Å². The topological polar surface area (TPSA) is 116 Å². The fourth-order valence-electron chi connectivity index (χ4n) is 1.63. The Morgan fingerprint density at radius 1 is 1.37 bits per heavy atom. The van der Waals surface area contributed by atoms with E-state index < -0.39 is 11.8 Å². The second kappa shape index (κ2) is 4.81. The fraction of sp³-hybridized carbons (Fsp3) is 0.0833. The third kappa shape index (κ3) is 2.54. The first-order chi connectivity index (χ1) is 8.99. The SMILES string of the molecule is Cn1ncc(C(N)=O)c1NC(=O)c1cccc(N)c1. The van der Waals surface area contributed by atoms with E-state index in [1.54, 1.807) is 25.2 Å². The second-order valence-corrected chi connectivity index (χ2v) is 3.97. The van der Waals surface area contributed by atoms with Crippen LogP contribution in [-0.4, -0.2) is 21.6 Å². The van der Waals surface area contributed by atoms with Crippen LogP contribution in [0.5, 0.6) is 0 Å². The van der Waals surface area contributed by atoms with Crippen molar-refractivity contribution in [3.63, 3.8) is 0 Å². The van der Waals surface area contributed by atoms with Crippen LogP contribution in [-0.2, 0) is 7.05 Å². The third-order valence-corrected chi connectivity index (χ3v) is 2.58. The Labute approximate surface area is 109 Å². The molecule has 2 rings (SSSR count). The molecule has 1 heterocycles. The number of nitrogens with one attached hydrogen (secondary N) is 1. The van der Waals surface area contributed by atoms with Crippen molar-refractivity contribution in [3.05, 3.63) is 41.6 Å². The summed E-state index contributed by atoms with van der Waals surface area (Å²) in [6.45, 7) is 0. The maximum absolute atomic E-state index is 12.0. The van der Waals surface area contributed by atoms with Crippen molar-refractivity contribution in [2.24, 2.45) is 12.8 Å². The number of primary amides is 1. The van der Waals surface area contributed by atoms with E-state index in [2.05, 4.69) is 10.4 Å². The zero-order chi connectivity index (χ0) is 14.0. The normalized spacial score (nSPS) is 10.2. The van der Waals surface area contributed by atoms with E-state index >= 15 is 0 Å². The lowest BCUT2D eigenvalue weighted by Crippen LogP contribution is -2.19. The number of benzene rings is 1. The largest absolute Gasteiger partial charge is 0.399 e. The van der Waals surface area contributed by atoms with Gasteiger partial charge in [0.15, 0.2) is 0 Å². The predicted octanol–water partition coefficient (Wildman–Crippen LogP) is 0.353. The summed E-state index contributed by atoms with van der Waals surface area (Å²) in [6.07, 6.45) is 1.30. The average molecular weight is 259 g/mol. The Bertz CT molecular complexity index is 647. The number of amides is 2. The lowest BCUT2D eigenvalue weighted by Gasteiger charge is -2.07. The van der Waals surface area contributed by atoms with Crippen molar-refractivity contribution >= 4 is 23.3 Å². The van der Waals surface area contributed by atoms with Crippen molar-refractivity contribution < 1.29 is 9.59 Å². The van der Waals surface area contributed by atoms with Gasteiger partial charge in [0.25, 0.3) is 11.8 Å². The summed E-state index contributed by atoms with van der Waals surface area (Å²) in [5, 5.41) is 6.47. The van der Waals surface area contributed by atoms with Crippen LogP contribution in [0.2, 0.25) is 0 Å². The highest BCUT2D eigenvalue weighted by Crippen LogP contribution is 2.15. The molecule has 98 valence electrons. The highest BCUT2D eigenvalue weighted by molar-refractivity contribution is 6.08. The molecule has 0 spiro atoms. The summed E-state index contributed by atoms with van der Waals surface area (Å²) in [7, 11) is 1.60. The molecule has 0 aliphatic carbocycles. The minimum Gasteiger partial charge on any atom is -0.399 e. The van der Waals surface area contributed by atoms with Crippen LogP contribution < -0.4 is 16.8 Å². The lowest BCUT2D eigenvalue weighted by atomic mass is 10.2. The minimum absolute atomic E-state index is 0.153. The fourth-order valence-corrected chi connectivity index (χ4v) is 1.63. The van der Waals surface area contributed by atoms with Crippen LogP contribution in [0.15, 0.2) is 30.5 Å². The summed E-state index contributed by atoms with van der Waals surface area (Å²) < 4.78 is 1.37. The molecule has 1 aromatic carbocycles. The van der Waals surface area contributed by atoms with E-state index in [0.717, 1.165) is 0 Å². The summed E-state index contributed by atoms with van der Waals surface area (Å²) >= 11 is 0. The lowest BCUT2D eigenvalue weighted by molar-refractivity contribution is 0.100. The van der Waals surface area contributed by atoms with Crippen molar-refractivity contribution in [2.75, 3.05) is 11.1 Å². The molecule has 19 heavy (non-hydrogen) atoms. The van der Waals surface area contributed by atoms with Crippen molar-refractivity contribution in [2.45, 2.75) is 0 Å². The molecule has 0 atom stereocenters. The summed E-state index contributed by atoms with van der Waals surface area (Å²) in [4.78, 5) is 23.2. The smallest absolute Gasteiger partial charge is 0.256 e. The van der Waals surface area contributed by atoms with Gasteiger partial charge in [0.05, 0.1) is 6.20 Å². The molecule has 1 aromatic heterocycles. The van der Waals surface area contributed by atoms with Crippen LogP contribution >= 0.6 is 0 Å². The highest BCUT2D eigenvalue weighted by atomic mass is 16.2. The molecular formula is C12H13N5O2. The number of hydrogen-bond acceptors (Lipinski definition) is 4. The van der Waals surface area contributed by atoms with Gasteiger partial charge in [0, 0.05) is 18.3 Å². The molecule has 7 nitrogen and oxygen atoms in total. The van der Waals surface area contributed by atoms with Gasteiger partial charge >= 0.3 is 0 Å². The maximum Gasteiger partial charge on any atom is 0.256 e. The Balaban J connectivity index is 2.29. The standard InChI is InChI=1S/C12H13N5O2/c1-17-11(9(6-15-17)10(14)18)16-12(19)7-3-2-4-8(13)5-7/h2-6H,13H2,1H3,(H2,14,18)(H,16,19). The number of nitrogens with zero attached hydrogens (tertiary/aromatic N) is 2. The summed E-state index contributed by atoms with van der Waals surface area (Å²) in [6, 6.07) is 6.50. The molecule has 0 bridgehead atoms. The van der Waals surface area contributed by atoms with E-state index in [4.69, 9.17) is 11.5 Å². The number of carbonyl (C=O) groups is 2. The Morgan fingerprint density at radius 3 is 2.74 bits per heavy atom. The molecule has 0 saturated carbocycles. The Kier molecular flexibility index (Phi) is 3.19. The molecule has 5 N–H and O–H groups in total. The van der Waals surface area contributed by atoms with Gasteiger partial charge in [-0.2, -0.15) is 5.10 Å². The first-order valence-corrected chi connectivity index (χ1v) is 5.47. The average Bonchev–Trinajstić information content (AvgIpc) is 2.71. The van der Waals surface area contributed by atoms with Crippen molar-refractivity contribution in [3.8, 4) is 0 Å². The molecule has 0 aliphatic heterocycles. The number of carbonyl (C=O) groups excluding carboxylic acids is 2. The third-order valence-electron chi connectivity index (χ3n) is 2.58. The van der Waals surface area contributed by atoms with Crippen LogP contribution in [0.25, 0.3) is 0 Å². The predicted molar refractivity (Wildman–Crippen MR) is 70.5 cm³/mol. The number of nitrogens with two attached hydrogens (primary N) is 2. The molecular weight excluding hydrogens is 246 g/mol. The molecule has 0 radical (unpaired) electrons. The molecule has 7 heteroatoms. The summed E-state index contributed by atoms with van der Waals surface area (Å²) in [5.41, 5.74) is 11.8. The van der Waals surface area contributed by atoms with Crippen LogP contribution in [0.3, 0.4) is 0 Å². The number of hydrogen-bond donors (Lipinski definition) is 3. The van der Waals surface area contributed by atoms with Crippen LogP contribution in [0, 0.1) is 0 Å². The van der Waals surface area contributed by atoms with Gasteiger partial charge < -0.3 is 16.8 Å². The van der Waals surface area contributed by atoms with Crippen molar-refractivity contribution in [1.82, 2.24) is 9.78 Å². The highest BCUT2D eigenvalue weighted by Gasteiger charge is 2.16. The molecule has 2 amide bonds. The number of anilines is 2. The van der Waals surface area contributed by atoms with E-state index in [9.17, 15) is 9.59 Å². The summed E-state index contributed by atoms with van der Waals surface area (Å²) in [5.74, 6) is -0.797. The Morgan fingerprint density at radius 2 is 2.11 bits per heavy atom. The monoisotopic (exact) mass is 259 g/mol. The molecule has 0 unspecified atom stereocenters. The van der Waals surface area contributed by atoms with Gasteiger partial charge in [-0.3, -0.25) is 14.3 Å². The van der Waals surface area contributed by atoms with Gasteiger partial charge in [0.2, 0.25) is 0 Å². The quantitative estimate of drug-likeness (QED) is 0.690. The Hall–Kier alpha value is -2.83. The number of aromatic nitrogens is 2. The zero-order valence-corrected chi connectivity index (χ0v) is 10.3. The van der Waals surface area contributed by atoms with E-state index in [1.807, 2.05) is 0 Å². The van der Waals surface area contributed by atoms with Crippen molar-refractivity contribution in [1.29, 1.82) is 0 Å². The van der Waals surface area contributed by atoms with E-state index in [-0.39, 0.29) is 11.4 Å². The minimum atomic E-state index is -0.657. The van der Waals surface area contributed by atoms with Gasteiger partial charge in [-0.05, 0) is 18.2 Å². The number of aryl methyl sites for hydroxylation is 1. The van der Waals surface area contributed by atoms with Gasteiger partial charge in [-0.25, -0.2) is 0 Å². The number of nitrogen functional groups attached to an aromatic ring is 1. The molecule has 0 fully saturated rings. The second-order valence-electron chi connectivity index (χ2n) is 3.97. The van der Waals surface area contributed by atoms with E-state index in [1.165, 1.54) is 16.9 Å². The van der Waals surface area contributed by atoms with Gasteiger partial charge in [-0.1, -0.05) is 6.07 Å². The van der Waals surface area contributed by atoms with Gasteiger partial charge in [-0.15, -0.1) is 0 Å². The zero-order valence-electron chi connectivity index (χ0n) is 10.3. The van der Waals surface area contributed by atoms with Crippen LogP contribution in [0.1, 0.15) is 20.7 Å². The first kappa shape index (κ1) is 12.6. The number of rotatable bonds is 3. The van der Waals surface area contributed by atoms with E-state index in [0.29, 0.717) is 11.3 Å². The maximum atomic E-state index is 12.0. The molecule has 2 aromatic rings. The molecule has 0 aliphatic rings.